The van der Waals surface area contributed by atoms with Crippen molar-refractivity contribution >= 4 is 34.2 Å². The van der Waals surface area contributed by atoms with Gasteiger partial charge in [0.25, 0.3) is 0 Å². The van der Waals surface area contributed by atoms with E-state index in [1.807, 2.05) is 31.2 Å². The number of nitrogens with two attached hydrogens (primary N) is 1. The predicted molar refractivity (Wildman–Crippen MR) is 76.1 cm³/mol. The summed E-state index contributed by atoms with van der Waals surface area (Å²) in [5.41, 5.74) is 6.70. The third kappa shape index (κ3) is 5.06. The van der Waals surface area contributed by atoms with E-state index in [1.165, 1.54) is 0 Å². The highest BCUT2D eigenvalue weighted by molar-refractivity contribution is 9.10. The summed E-state index contributed by atoms with van der Waals surface area (Å²) in [5.74, 6) is -0.0116. The van der Waals surface area contributed by atoms with Crippen LogP contribution in [0.25, 0.3) is 0 Å². The van der Waals surface area contributed by atoms with Crippen LogP contribution in [0.3, 0.4) is 0 Å². The van der Waals surface area contributed by atoms with Crippen molar-refractivity contribution in [2.45, 2.75) is 26.4 Å². The Hall–Kier alpha value is -0.580. The van der Waals surface area contributed by atoms with Crippen LogP contribution in [-0.4, -0.2) is 23.4 Å². The fraction of sp³-hybridized carbons (Fsp3) is 0.417. The monoisotopic (exact) mass is 320 g/mol. The molecule has 1 aromatic carbocycles. The number of likely N-dealkylation sites (N-methyl/N-ethyl adjacent to an activating group) is 1. The van der Waals surface area contributed by atoms with Gasteiger partial charge in [0.2, 0.25) is 5.91 Å². The summed E-state index contributed by atoms with van der Waals surface area (Å²) < 4.78 is 1.02. The minimum absolute atomic E-state index is 0. The minimum atomic E-state index is -0.438. The number of amides is 1. The lowest BCUT2D eigenvalue weighted by Crippen LogP contribution is -2.41. The van der Waals surface area contributed by atoms with Gasteiger partial charge in [-0.25, -0.2) is 0 Å². The lowest BCUT2D eigenvalue weighted by molar-refractivity contribution is -0.132. The van der Waals surface area contributed by atoms with Gasteiger partial charge >= 0.3 is 0 Å². The number of benzene rings is 1. The van der Waals surface area contributed by atoms with Crippen molar-refractivity contribution in [3.05, 3.63) is 34.3 Å². The number of carbonyl (C=O) groups excluding carboxylic acids is 1. The predicted octanol–water partition coefficient (Wildman–Crippen LogP) is 2.57. The first-order valence-electron chi connectivity index (χ1n) is 5.33. The van der Waals surface area contributed by atoms with Crippen LogP contribution < -0.4 is 5.73 Å². The van der Waals surface area contributed by atoms with E-state index in [0.29, 0.717) is 13.1 Å². The molecule has 1 unspecified atom stereocenters. The molecule has 96 valence electrons. The Kier molecular flexibility index (Phi) is 7.43. The van der Waals surface area contributed by atoms with Gasteiger partial charge in [-0.15, -0.1) is 12.4 Å². The second kappa shape index (κ2) is 7.69. The first kappa shape index (κ1) is 16.4. The van der Waals surface area contributed by atoms with Crippen molar-refractivity contribution in [3.8, 4) is 0 Å². The van der Waals surface area contributed by atoms with Crippen LogP contribution in [0.1, 0.15) is 19.4 Å². The summed E-state index contributed by atoms with van der Waals surface area (Å²) in [7, 11) is 0. The van der Waals surface area contributed by atoms with E-state index in [0.717, 1.165) is 10.0 Å². The molecule has 2 N–H and O–H groups in total. The van der Waals surface area contributed by atoms with Crippen LogP contribution in [0.5, 0.6) is 0 Å². The first-order valence-corrected chi connectivity index (χ1v) is 6.12. The van der Waals surface area contributed by atoms with Crippen LogP contribution in [0.2, 0.25) is 0 Å². The molecule has 17 heavy (non-hydrogen) atoms. The molecule has 0 bridgehead atoms. The first-order chi connectivity index (χ1) is 7.54. The summed E-state index contributed by atoms with van der Waals surface area (Å²) in [5, 5.41) is 0. The van der Waals surface area contributed by atoms with Gasteiger partial charge in [0.15, 0.2) is 0 Å². The molecule has 0 aromatic heterocycles. The van der Waals surface area contributed by atoms with Gasteiger partial charge in [0, 0.05) is 17.6 Å². The summed E-state index contributed by atoms with van der Waals surface area (Å²) in [6, 6.07) is 7.50. The van der Waals surface area contributed by atoms with Gasteiger partial charge in [-0.2, -0.15) is 0 Å². The Balaban J connectivity index is 0.00000256. The molecule has 0 spiro atoms. The Labute approximate surface area is 117 Å². The van der Waals surface area contributed by atoms with Crippen LogP contribution in [-0.2, 0) is 11.3 Å². The Morgan fingerprint density at radius 1 is 1.53 bits per heavy atom. The van der Waals surface area contributed by atoms with E-state index in [-0.39, 0.29) is 18.3 Å². The molecule has 0 heterocycles. The largest absolute Gasteiger partial charge is 0.337 e. The van der Waals surface area contributed by atoms with Crippen molar-refractivity contribution in [2.75, 3.05) is 6.54 Å². The molecule has 0 saturated heterocycles. The molecule has 0 aliphatic heterocycles. The molecular weight excluding hydrogens is 304 g/mol. The molecule has 0 aliphatic rings. The zero-order valence-corrected chi connectivity index (χ0v) is 12.4. The van der Waals surface area contributed by atoms with Crippen molar-refractivity contribution in [3.63, 3.8) is 0 Å². The lowest BCUT2D eigenvalue weighted by Gasteiger charge is -2.22. The summed E-state index contributed by atoms with van der Waals surface area (Å²) in [6.07, 6.45) is 0. The molecule has 1 amide bonds. The Morgan fingerprint density at radius 3 is 2.65 bits per heavy atom. The maximum atomic E-state index is 11.8. The Bertz CT molecular complexity index is 371. The van der Waals surface area contributed by atoms with E-state index < -0.39 is 6.04 Å². The van der Waals surface area contributed by atoms with Gasteiger partial charge in [-0.05, 0) is 31.5 Å². The van der Waals surface area contributed by atoms with E-state index in [9.17, 15) is 4.79 Å². The molecule has 1 atom stereocenters. The van der Waals surface area contributed by atoms with Gasteiger partial charge < -0.3 is 10.6 Å². The van der Waals surface area contributed by atoms with Gasteiger partial charge in [-0.1, -0.05) is 28.1 Å². The van der Waals surface area contributed by atoms with E-state index in [4.69, 9.17) is 5.73 Å². The summed E-state index contributed by atoms with van der Waals surface area (Å²) in [4.78, 5) is 13.5. The third-order valence-electron chi connectivity index (χ3n) is 2.35. The molecule has 0 aliphatic carbocycles. The second-order valence-corrected chi connectivity index (χ2v) is 4.69. The topological polar surface area (TPSA) is 46.3 Å². The Morgan fingerprint density at radius 2 is 2.18 bits per heavy atom. The van der Waals surface area contributed by atoms with Gasteiger partial charge in [0.1, 0.15) is 0 Å². The highest BCUT2D eigenvalue weighted by Crippen LogP contribution is 2.13. The molecule has 5 heteroatoms. The minimum Gasteiger partial charge on any atom is -0.337 e. The lowest BCUT2D eigenvalue weighted by atomic mass is 10.2. The molecule has 1 aromatic rings. The smallest absolute Gasteiger partial charge is 0.239 e. The number of halogens is 2. The number of nitrogens with zero attached hydrogens (tertiary/aromatic N) is 1. The normalized spacial score (nSPS) is 11.5. The molecule has 1 rings (SSSR count). The fourth-order valence-corrected chi connectivity index (χ4v) is 1.94. The quantitative estimate of drug-likeness (QED) is 0.926. The molecular formula is C12H18BrClN2O. The van der Waals surface area contributed by atoms with E-state index in [1.54, 1.807) is 11.8 Å². The zero-order valence-electron chi connectivity index (χ0n) is 10.0. The molecule has 0 saturated carbocycles. The average Bonchev–Trinajstić information content (AvgIpc) is 2.25. The van der Waals surface area contributed by atoms with Crippen LogP contribution in [0.15, 0.2) is 28.7 Å². The van der Waals surface area contributed by atoms with Crippen LogP contribution >= 0.6 is 28.3 Å². The SMILES string of the molecule is CCN(Cc1cccc(Br)c1)C(=O)C(C)N.Cl. The van der Waals surface area contributed by atoms with E-state index in [2.05, 4.69) is 15.9 Å². The standard InChI is InChI=1S/C12H17BrN2O.ClH/c1-3-15(12(16)9(2)14)8-10-5-4-6-11(13)7-10;/h4-7,9H,3,8,14H2,1-2H3;1H. The zero-order chi connectivity index (χ0) is 12.1. The summed E-state index contributed by atoms with van der Waals surface area (Å²) >= 11 is 3.41. The summed E-state index contributed by atoms with van der Waals surface area (Å²) in [6.45, 7) is 4.95. The number of hydrogen-bond donors (Lipinski definition) is 1. The van der Waals surface area contributed by atoms with Crippen LogP contribution in [0.4, 0.5) is 0 Å². The van der Waals surface area contributed by atoms with Gasteiger partial charge in [0.05, 0.1) is 6.04 Å². The van der Waals surface area contributed by atoms with Crippen LogP contribution in [0, 0.1) is 0 Å². The highest BCUT2D eigenvalue weighted by atomic mass is 79.9. The van der Waals surface area contributed by atoms with Gasteiger partial charge in [-0.3, -0.25) is 4.79 Å². The van der Waals surface area contributed by atoms with Crippen molar-refractivity contribution in [1.82, 2.24) is 4.90 Å². The molecule has 3 nitrogen and oxygen atoms in total. The maximum Gasteiger partial charge on any atom is 0.239 e. The number of carbonyl (C=O) groups is 1. The number of rotatable bonds is 4. The van der Waals surface area contributed by atoms with Crippen molar-refractivity contribution < 1.29 is 4.79 Å². The second-order valence-electron chi connectivity index (χ2n) is 3.77. The molecule has 0 fully saturated rings. The average molecular weight is 322 g/mol. The highest BCUT2D eigenvalue weighted by Gasteiger charge is 2.15. The van der Waals surface area contributed by atoms with E-state index >= 15 is 0 Å². The third-order valence-corrected chi connectivity index (χ3v) is 2.84. The maximum absolute atomic E-state index is 11.8. The fourth-order valence-electron chi connectivity index (χ4n) is 1.49. The van der Waals surface area contributed by atoms with Crippen molar-refractivity contribution in [1.29, 1.82) is 0 Å². The van der Waals surface area contributed by atoms with Crippen molar-refractivity contribution in [2.24, 2.45) is 5.73 Å². The molecule has 0 radical (unpaired) electrons. The number of hydrogen-bond acceptors (Lipinski definition) is 2.